The van der Waals surface area contributed by atoms with E-state index in [4.69, 9.17) is 9.47 Å². The van der Waals surface area contributed by atoms with E-state index in [1.165, 1.54) is 0 Å². The topological polar surface area (TPSA) is 74.9 Å². The average molecular weight is 415 g/mol. The van der Waals surface area contributed by atoms with Crippen LogP contribution in [0.4, 0.5) is 0 Å². The number of aromatic amines is 1. The third-order valence-electron chi connectivity index (χ3n) is 7.20. The van der Waals surface area contributed by atoms with Gasteiger partial charge in [-0.05, 0) is 42.2 Å². The Hall–Kier alpha value is -3.48. The molecule has 1 unspecified atom stereocenters. The summed E-state index contributed by atoms with van der Waals surface area (Å²) in [4.78, 5) is 34.4. The third kappa shape index (κ3) is 2.23. The van der Waals surface area contributed by atoms with E-state index >= 15 is 0 Å². The zero-order valence-electron chi connectivity index (χ0n) is 16.8. The highest BCUT2D eigenvalue weighted by Crippen LogP contribution is 2.46. The Morgan fingerprint density at radius 2 is 1.84 bits per heavy atom. The van der Waals surface area contributed by atoms with Crippen LogP contribution in [0.15, 0.2) is 42.5 Å². The maximum atomic E-state index is 13.7. The number of carbonyl (C=O) groups excluding carboxylic acids is 2. The molecule has 0 bridgehead atoms. The minimum absolute atomic E-state index is 0.0501. The number of rotatable bonds is 1. The molecule has 3 atom stereocenters. The molecule has 2 amide bonds. The van der Waals surface area contributed by atoms with Gasteiger partial charge in [0.1, 0.15) is 12.1 Å². The molecule has 0 aliphatic carbocycles. The van der Waals surface area contributed by atoms with E-state index in [1.807, 2.05) is 41.3 Å². The molecule has 3 aromatic rings. The van der Waals surface area contributed by atoms with Crippen LogP contribution in [-0.2, 0) is 16.0 Å². The molecule has 1 N–H and O–H groups in total. The number of nitrogens with one attached hydrogen (secondary N) is 1. The number of H-pyrrole nitrogens is 1. The summed E-state index contributed by atoms with van der Waals surface area (Å²) in [6.07, 6.45) is 2.15. The van der Waals surface area contributed by atoms with E-state index in [0.29, 0.717) is 24.5 Å². The van der Waals surface area contributed by atoms with Crippen LogP contribution in [0.1, 0.15) is 35.7 Å². The summed E-state index contributed by atoms with van der Waals surface area (Å²) in [5.74, 6) is 1.50. The van der Waals surface area contributed by atoms with Crippen molar-refractivity contribution in [2.24, 2.45) is 0 Å². The van der Waals surface area contributed by atoms with E-state index in [0.717, 1.165) is 40.6 Å². The van der Waals surface area contributed by atoms with Gasteiger partial charge in [0.2, 0.25) is 18.6 Å². The van der Waals surface area contributed by atoms with Gasteiger partial charge in [0.15, 0.2) is 11.5 Å². The second-order valence-electron chi connectivity index (χ2n) is 8.73. The van der Waals surface area contributed by atoms with Crippen molar-refractivity contribution in [1.82, 2.24) is 14.8 Å². The molecule has 0 spiro atoms. The van der Waals surface area contributed by atoms with Crippen molar-refractivity contribution >= 4 is 22.7 Å². The summed E-state index contributed by atoms with van der Waals surface area (Å²) in [5.41, 5.74) is 4.06. The fraction of sp³-hybridized carbons (Fsp3) is 0.333. The van der Waals surface area contributed by atoms with E-state index < -0.39 is 6.04 Å². The first-order valence-electron chi connectivity index (χ1n) is 10.8. The molecule has 7 nitrogen and oxygen atoms in total. The number of ether oxygens (including phenoxy) is 2. The fourth-order valence-corrected chi connectivity index (χ4v) is 5.83. The summed E-state index contributed by atoms with van der Waals surface area (Å²) in [5, 5.41) is 1.12. The molecular formula is C24H21N3O4. The Labute approximate surface area is 178 Å². The molecule has 4 aliphatic heterocycles. The van der Waals surface area contributed by atoms with Crippen molar-refractivity contribution in [1.29, 1.82) is 0 Å². The quantitative estimate of drug-likeness (QED) is 0.663. The summed E-state index contributed by atoms with van der Waals surface area (Å²) in [6.45, 7) is 0.872. The van der Waals surface area contributed by atoms with E-state index in [-0.39, 0.29) is 30.7 Å². The highest BCUT2D eigenvalue weighted by Gasteiger charge is 2.53. The normalized spacial score (nSPS) is 26.3. The van der Waals surface area contributed by atoms with Crippen molar-refractivity contribution in [3.63, 3.8) is 0 Å². The lowest BCUT2D eigenvalue weighted by molar-refractivity contribution is -0.162. The van der Waals surface area contributed by atoms with Gasteiger partial charge in [-0.25, -0.2) is 0 Å². The van der Waals surface area contributed by atoms with Gasteiger partial charge < -0.3 is 24.3 Å². The van der Waals surface area contributed by atoms with Gasteiger partial charge in [0, 0.05) is 29.6 Å². The minimum atomic E-state index is -0.482. The van der Waals surface area contributed by atoms with Crippen LogP contribution in [0.5, 0.6) is 11.5 Å². The van der Waals surface area contributed by atoms with Gasteiger partial charge in [-0.1, -0.05) is 24.3 Å². The van der Waals surface area contributed by atoms with Gasteiger partial charge in [-0.15, -0.1) is 0 Å². The van der Waals surface area contributed by atoms with Gasteiger partial charge in [-0.3, -0.25) is 9.59 Å². The largest absolute Gasteiger partial charge is 0.454 e. The second-order valence-corrected chi connectivity index (χ2v) is 8.73. The number of aromatic nitrogens is 1. The highest BCUT2D eigenvalue weighted by atomic mass is 16.7. The van der Waals surface area contributed by atoms with Crippen LogP contribution in [0.25, 0.3) is 10.9 Å². The molecule has 7 heteroatoms. The molecule has 4 aliphatic rings. The minimum Gasteiger partial charge on any atom is -0.454 e. The summed E-state index contributed by atoms with van der Waals surface area (Å²) >= 11 is 0. The van der Waals surface area contributed by atoms with Crippen molar-refractivity contribution in [3.8, 4) is 11.5 Å². The van der Waals surface area contributed by atoms with Crippen LogP contribution >= 0.6 is 0 Å². The lowest BCUT2D eigenvalue weighted by Gasteiger charge is -2.48. The lowest BCUT2D eigenvalue weighted by Crippen LogP contribution is -2.65. The van der Waals surface area contributed by atoms with Gasteiger partial charge >= 0.3 is 0 Å². The zero-order chi connectivity index (χ0) is 20.7. The van der Waals surface area contributed by atoms with E-state index in [1.54, 1.807) is 4.90 Å². The van der Waals surface area contributed by atoms with E-state index in [9.17, 15) is 9.59 Å². The number of piperazine rings is 1. The standard InChI is InChI=1S/C24H21N3O4/c28-23-18-11-15-14-4-1-2-5-16(14)25-21(15)22(13-7-8-19-20(10-13)31-12-30-19)27(18)24(29)17-6-3-9-26(17)23/h1-2,4-5,7-8,10,17-18,22,25H,3,6,9,11-12H2/t17?,18-,22-/m1/s1. The molecule has 2 aromatic carbocycles. The maximum absolute atomic E-state index is 13.7. The summed E-state index contributed by atoms with van der Waals surface area (Å²) in [6, 6.07) is 12.8. The predicted molar refractivity (Wildman–Crippen MR) is 112 cm³/mol. The highest BCUT2D eigenvalue weighted by molar-refractivity contribution is 5.99. The SMILES string of the molecule is O=C1[C@H]2Cc3c([nH]c4ccccc34)[C@@H](c3ccc4c(c3)OCO4)N2C(=O)C2CCCN12. The molecule has 31 heavy (non-hydrogen) atoms. The van der Waals surface area contributed by atoms with Crippen LogP contribution in [-0.4, -0.2) is 52.0 Å². The van der Waals surface area contributed by atoms with Crippen molar-refractivity contribution in [2.45, 2.75) is 37.4 Å². The number of hydrogen-bond donors (Lipinski definition) is 1. The van der Waals surface area contributed by atoms with Crippen molar-refractivity contribution in [3.05, 3.63) is 59.3 Å². The molecule has 156 valence electrons. The Morgan fingerprint density at radius 1 is 0.968 bits per heavy atom. The van der Waals surface area contributed by atoms with Crippen LogP contribution < -0.4 is 9.47 Å². The smallest absolute Gasteiger partial charge is 0.246 e. The molecule has 7 rings (SSSR count). The maximum Gasteiger partial charge on any atom is 0.246 e. The number of para-hydroxylation sites is 1. The molecular weight excluding hydrogens is 394 g/mol. The fourth-order valence-electron chi connectivity index (χ4n) is 5.83. The average Bonchev–Trinajstić information content (AvgIpc) is 3.53. The van der Waals surface area contributed by atoms with Crippen LogP contribution in [0.2, 0.25) is 0 Å². The van der Waals surface area contributed by atoms with Gasteiger partial charge in [-0.2, -0.15) is 0 Å². The Kier molecular flexibility index (Phi) is 3.35. The number of nitrogens with zero attached hydrogens (tertiary/aromatic N) is 2. The number of benzene rings is 2. The van der Waals surface area contributed by atoms with Gasteiger partial charge in [0.05, 0.1) is 6.04 Å². The van der Waals surface area contributed by atoms with Crippen LogP contribution in [0.3, 0.4) is 0 Å². The number of hydrogen-bond acceptors (Lipinski definition) is 4. The first kappa shape index (κ1) is 17.2. The zero-order valence-corrected chi connectivity index (χ0v) is 16.8. The van der Waals surface area contributed by atoms with Crippen LogP contribution in [0, 0.1) is 0 Å². The first-order chi connectivity index (χ1) is 15.2. The molecule has 1 aromatic heterocycles. The predicted octanol–water partition coefficient (Wildman–Crippen LogP) is 2.74. The first-order valence-corrected chi connectivity index (χ1v) is 10.8. The molecule has 5 heterocycles. The lowest BCUT2D eigenvalue weighted by atomic mass is 9.85. The monoisotopic (exact) mass is 415 g/mol. The second kappa shape index (κ2) is 6.03. The number of carbonyl (C=O) groups is 2. The summed E-state index contributed by atoms with van der Waals surface area (Å²) < 4.78 is 11.1. The van der Waals surface area contributed by atoms with Crippen molar-refractivity contribution < 1.29 is 19.1 Å². The number of amides is 2. The molecule has 2 saturated heterocycles. The molecule has 0 saturated carbocycles. The summed E-state index contributed by atoms with van der Waals surface area (Å²) in [7, 11) is 0. The Morgan fingerprint density at radius 3 is 2.77 bits per heavy atom. The Bertz CT molecular complexity index is 1260. The molecule has 0 radical (unpaired) electrons. The number of fused-ring (bicyclic) bond motifs is 6. The van der Waals surface area contributed by atoms with Crippen molar-refractivity contribution in [2.75, 3.05) is 13.3 Å². The van der Waals surface area contributed by atoms with Gasteiger partial charge in [0.25, 0.3) is 0 Å². The Balaban J connectivity index is 1.46. The van der Waals surface area contributed by atoms with E-state index in [2.05, 4.69) is 11.1 Å². The molecule has 2 fully saturated rings. The third-order valence-corrected chi connectivity index (χ3v) is 7.20.